The van der Waals surface area contributed by atoms with E-state index < -0.39 is 0 Å². The molecule has 0 fully saturated rings. The van der Waals surface area contributed by atoms with Crippen LogP contribution in [0.3, 0.4) is 0 Å². The lowest BCUT2D eigenvalue weighted by Crippen LogP contribution is -2.16. The number of unbranched alkanes of at least 4 members (excludes halogenated alkanes) is 6. The van der Waals surface area contributed by atoms with E-state index in [1.165, 1.54) is 44.9 Å². The molecule has 0 aromatic carbocycles. The first-order valence-electron chi connectivity index (χ1n) is 6.92. The molecule has 98 valence electrons. The second-order valence-electron chi connectivity index (χ2n) is 5.11. The quantitative estimate of drug-likeness (QED) is 0.271. The third-order valence-corrected chi connectivity index (χ3v) is 3.85. The molecule has 0 saturated heterocycles. The van der Waals surface area contributed by atoms with Crippen molar-refractivity contribution in [3.63, 3.8) is 0 Å². The highest BCUT2D eigenvalue weighted by atomic mass is 35.5. The standard InChI is InChI=1S/C14H29ClS/c1-3-4-5-6-7-8-9-11-14(2,15)12-10-13-16/h16H,3-13H2,1-2H3. The zero-order valence-corrected chi connectivity index (χ0v) is 12.8. The van der Waals surface area contributed by atoms with Crippen molar-refractivity contribution in [2.45, 2.75) is 82.9 Å². The average molecular weight is 265 g/mol. The molecule has 0 heterocycles. The Labute approximate surface area is 113 Å². The van der Waals surface area contributed by atoms with Crippen molar-refractivity contribution in [1.82, 2.24) is 0 Å². The fraction of sp³-hybridized carbons (Fsp3) is 1.00. The minimum absolute atomic E-state index is 0.0200. The van der Waals surface area contributed by atoms with Gasteiger partial charge in [0.05, 0.1) is 0 Å². The largest absolute Gasteiger partial charge is 0.179 e. The minimum atomic E-state index is 0.0200. The Morgan fingerprint density at radius 3 is 1.94 bits per heavy atom. The number of hydrogen-bond acceptors (Lipinski definition) is 1. The van der Waals surface area contributed by atoms with Gasteiger partial charge in [-0.1, -0.05) is 51.9 Å². The van der Waals surface area contributed by atoms with Gasteiger partial charge in [0.2, 0.25) is 0 Å². The highest BCUT2D eigenvalue weighted by Gasteiger charge is 2.18. The maximum atomic E-state index is 6.44. The predicted octanol–water partition coefficient (Wildman–Crippen LogP) is 5.83. The second kappa shape index (κ2) is 10.8. The monoisotopic (exact) mass is 264 g/mol. The molecule has 0 amide bonds. The summed E-state index contributed by atoms with van der Waals surface area (Å²) in [6.07, 6.45) is 13.0. The molecule has 0 bridgehead atoms. The molecule has 1 atom stereocenters. The maximum Gasteiger partial charge on any atom is 0.0419 e. The van der Waals surface area contributed by atoms with Crippen molar-refractivity contribution >= 4 is 24.2 Å². The summed E-state index contributed by atoms with van der Waals surface area (Å²) in [5.41, 5.74) is 0. The first-order valence-corrected chi connectivity index (χ1v) is 7.93. The van der Waals surface area contributed by atoms with Gasteiger partial charge in [0.15, 0.2) is 0 Å². The van der Waals surface area contributed by atoms with Crippen molar-refractivity contribution < 1.29 is 0 Å². The first-order chi connectivity index (χ1) is 7.62. The van der Waals surface area contributed by atoms with Gasteiger partial charge in [-0.15, -0.1) is 11.6 Å². The van der Waals surface area contributed by atoms with Crippen LogP contribution in [0, 0.1) is 0 Å². The van der Waals surface area contributed by atoms with Crippen LogP contribution in [0.1, 0.15) is 78.1 Å². The summed E-state index contributed by atoms with van der Waals surface area (Å²) >= 11 is 10.7. The van der Waals surface area contributed by atoms with Gasteiger partial charge < -0.3 is 0 Å². The number of halogens is 1. The Balaban J connectivity index is 3.29. The SMILES string of the molecule is CCCCCCCCCC(C)(Cl)CCCS. The maximum absolute atomic E-state index is 6.44. The van der Waals surface area contributed by atoms with Gasteiger partial charge in [-0.3, -0.25) is 0 Å². The van der Waals surface area contributed by atoms with Gasteiger partial charge in [-0.25, -0.2) is 0 Å². The van der Waals surface area contributed by atoms with Crippen LogP contribution >= 0.6 is 24.2 Å². The highest BCUT2D eigenvalue weighted by Crippen LogP contribution is 2.28. The predicted molar refractivity (Wildman–Crippen MR) is 80.0 cm³/mol. The van der Waals surface area contributed by atoms with E-state index in [-0.39, 0.29) is 4.87 Å². The van der Waals surface area contributed by atoms with Crippen LogP contribution in [0.5, 0.6) is 0 Å². The fourth-order valence-electron chi connectivity index (χ4n) is 2.02. The third kappa shape index (κ3) is 11.1. The normalized spacial score (nSPS) is 15.0. The molecule has 0 aliphatic heterocycles. The van der Waals surface area contributed by atoms with Crippen LogP contribution in [0.25, 0.3) is 0 Å². The van der Waals surface area contributed by atoms with Crippen molar-refractivity contribution in [2.75, 3.05) is 5.75 Å². The summed E-state index contributed by atoms with van der Waals surface area (Å²) in [6, 6.07) is 0. The Morgan fingerprint density at radius 1 is 0.875 bits per heavy atom. The van der Waals surface area contributed by atoms with Crippen LogP contribution in [0.4, 0.5) is 0 Å². The summed E-state index contributed by atoms with van der Waals surface area (Å²) in [7, 11) is 0. The number of thiol groups is 1. The average Bonchev–Trinajstić information content (AvgIpc) is 2.25. The van der Waals surface area contributed by atoms with Crippen molar-refractivity contribution in [3.05, 3.63) is 0 Å². The Hall–Kier alpha value is 0.640. The van der Waals surface area contributed by atoms with E-state index >= 15 is 0 Å². The molecule has 0 aliphatic carbocycles. The lowest BCUT2D eigenvalue weighted by atomic mass is 9.97. The molecule has 0 spiro atoms. The second-order valence-corrected chi connectivity index (χ2v) is 6.47. The van der Waals surface area contributed by atoms with E-state index in [0.29, 0.717) is 0 Å². The van der Waals surface area contributed by atoms with E-state index in [0.717, 1.165) is 25.0 Å². The lowest BCUT2D eigenvalue weighted by Gasteiger charge is -2.21. The first kappa shape index (κ1) is 16.6. The molecule has 0 nitrogen and oxygen atoms in total. The smallest absolute Gasteiger partial charge is 0.0419 e. The molecular weight excluding hydrogens is 236 g/mol. The van der Waals surface area contributed by atoms with Gasteiger partial charge in [-0.05, 0) is 31.9 Å². The molecule has 0 saturated carbocycles. The van der Waals surface area contributed by atoms with Gasteiger partial charge in [-0.2, -0.15) is 12.6 Å². The number of rotatable bonds is 11. The third-order valence-electron chi connectivity index (χ3n) is 3.16. The molecule has 1 unspecified atom stereocenters. The molecule has 2 heteroatoms. The van der Waals surface area contributed by atoms with Crippen LogP contribution in [0.15, 0.2) is 0 Å². The van der Waals surface area contributed by atoms with E-state index in [9.17, 15) is 0 Å². The van der Waals surface area contributed by atoms with Crippen molar-refractivity contribution in [3.8, 4) is 0 Å². The molecule has 0 rings (SSSR count). The number of hydrogen-bond donors (Lipinski definition) is 1. The van der Waals surface area contributed by atoms with Crippen LogP contribution < -0.4 is 0 Å². The molecule has 0 aliphatic rings. The Bertz CT molecular complexity index is 146. The zero-order chi connectivity index (χ0) is 12.3. The topological polar surface area (TPSA) is 0 Å². The highest BCUT2D eigenvalue weighted by molar-refractivity contribution is 7.80. The minimum Gasteiger partial charge on any atom is -0.179 e. The Morgan fingerprint density at radius 2 is 1.38 bits per heavy atom. The van der Waals surface area contributed by atoms with Gasteiger partial charge in [0.1, 0.15) is 0 Å². The molecule has 0 N–H and O–H groups in total. The fourth-order valence-corrected chi connectivity index (χ4v) is 2.45. The molecular formula is C14H29ClS. The van der Waals surface area contributed by atoms with Crippen LogP contribution in [-0.2, 0) is 0 Å². The van der Waals surface area contributed by atoms with E-state index in [2.05, 4.69) is 26.5 Å². The molecule has 0 aromatic rings. The summed E-state index contributed by atoms with van der Waals surface area (Å²) in [4.78, 5) is 0.0200. The summed E-state index contributed by atoms with van der Waals surface area (Å²) in [6.45, 7) is 4.44. The molecule has 0 aromatic heterocycles. The van der Waals surface area contributed by atoms with E-state index in [1.807, 2.05) is 0 Å². The summed E-state index contributed by atoms with van der Waals surface area (Å²) < 4.78 is 0. The van der Waals surface area contributed by atoms with Gasteiger partial charge >= 0.3 is 0 Å². The van der Waals surface area contributed by atoms with Gasteiger partial charge in [0, 0.05) is 4.87 Å². The van der Waals surface area contributed by atoms with Gasteiger partial charge in [0.25, 0.3) is 0 Å². The summed E-state index contributed by atoms with van der Waals surface area (Å²) in [5.74, 6) is 0.958. The van der Waals surface area contributed by atoms with Crippen molar-refractivity contribution in [2.24, 2.45) is 0 Å². The van der Waals surface area contributed by atoms with Crippen molar-refractivity contribution in [1.29, 1.82) is 0 Å². The number of alkyl halides is 1. The van der Waals surface area contributed by atoms with Crippen LogP contribution in [-0.4, -0.2) is 10.6 Å². The summed E-state index contributed by atoms with van der Waals surface area (Å²) in [5, 5.41) is 0. The lowest BCUT2D eigenvalue weighted by molar-refractivity contribution is 0.482. The zero-order valence-electron chi connectivity index (χ0n) is 11.1. The molecule has 0 radical (unpaired) electrons. The van der Waals surface area contributed by atoms with E-state index in [1.54, 1.807) is 0 Å². The van der Waals surface area contributed by atoms with Crippen LogP contribution in [0.2, 0.25) is 0 Å². The van der Waals surface area contributed by atoms with E-state index in [4.69, 9.17) is 11.6 Å². The molecule has 16 heavy (non-hydrogen) atoms. The Kier molecular flexibility index (Phi) is 11.2.